The second-order valence-corrected chi connectivity index (χ2v) is 6.34. The van der Waals surface area contributed by atoms with Crippen molar-refractivity contribution in [2.75, 3.05) is 5.32 Å². The van der Waals surface area contributed by atoms with E-state index in [1.165, 1.54) is 0 Å². The molecule has 1 amide bonds. The lowest BCUT2D eigenvalue weighted by atomic mass is 10.1. The molecular formula is C14H11Br2ClN2O. The lowest BCUT2D eigenvalue weighted by molar-refractivity contribution is -0.118. The van der Waals surface area contributed by atoms with E-state index >= 15 is 0 Å². The molecule has 0 aliphatic rings. The van der Waals surface area contributed by atoms with Gasteiger partial charge in [0.2, 0.25) is 5.91 Å². The van der Waals surface area contributed by atoms with E-state index in [2.05, 4.69) is 37.2 Å². The number of hydrogen-bond donors (Lipinski definition) is 2. The number of anilines is 1. The van der Waals surface area contributed by atoms with Gasteiger partial charge in [0.05, 0.1) is 5.02 Å². The summed E-state index contributed by atoms with van der Waals surface area (Å²) in [6, 6.07) is 12.2. The number of nitrogens with two attached hydrogens (primary N) is 1. The van der Waals surface area contributed by atoms with Crippen LogP contribution in [0.2, 0.25) is 5.02 Å². The van der Waals surface area contributed by atoms with Crippen LogP contribution in [0.25, 0.3) is 0 Å². The Bertz CT molecular complexity index is 632. The highest BCUT2D eigenvalue weighted by atomic mass is 79.9. The van der Waals surface area contributed by atoms with Crippen LogP contribution in [-0.4, -0.2) is 5.91 Å². The summed E-state index contributed by atoms with van der Waals surface area (Å²) in [7, 11) is 0. The number of benzene rings is 2. The van der Waals surface area contributed by atoms with E-state index in [0.717, 1.165) is 20.2 Å². The molecule has 6 heteroatoms. The van der Waals surface area contributed by atoms with Crippen LogP contribution in [0, 0.1) is 0 Å². The van der Waals surface area contributed by atoms with Gasteiger partial charge in [-0.05, 0) is 51.8 Å². The summed E-state index contributed by atoms with van der Waals surface area (Å²) < 4.78 is 1.70. The van der Waals surface area contributed by atoms with Gasteiger partial charge in [-0.3, -0.25) is 4.79 Å². The van der Waals surface area contributed by atoms with Crippen LogP contribution in [0.3, 0.4) is 0 Å². The van der Waals surface area contributed by atoms with Gasteiger partial charge < -0.3 is 11.1 Å². The van der Waals surface area contributed by atoms with Crippen molar-refractivity contribution >= 4 is 55.1 Å². The van der Waals surface area contributed by atoms with Gasteiger partial charge in [-0.2, -0.15) is 0 Å². The Kier molecular flexibility index (Phi) is 5.07. The summed E-state index contributed by atoms with van der Waals surface area (Å²) in [5.41, 5.74) is 7.03. The van der Waals surface area contributed by atoms with Gasteiger partial charge in [-0.1, -0.05) is 39.7 Å². The van der Waals surface area contributed by atoms with Crippen molar-refractivity contribution < 1.29 is 4.79 Å². The summed E-state index contributed by atoms with van der Waals surface area (Å²) >= 11 is 12.6. The van der Waals surface area contributed by atoms with Crippen LogP contribution < -0.4 is 11.1 Å². The molecular weight excluding hydrogens is 407 g/mol. The van der Waals surface area contributed by atoms with E-state index in [1.807, 2.05) is 24.3 Å². The third-order valence-electron chi connectivity index (χ3n) is 2.72. The molecule has 0 saturated carbocycles. The molecule has 0 aliphatic heterocycles. The maximum atomic E-state index is 11.7. The van der Waals surface area contributed by atoms with Gasteiger partial charge in [-0.15, -0.1) is 0 Å². The minimum absolute atomic E-state index is 0.446. The molecule has 1 atom stereocenters. The molecule has 0 aromatic heterocycles. The highest BCUT2D eigenvalue weighted by Gasteiger charge is 2.17. The average Bonchev–Trinajstić information content (AvgIpc) is 2.41. The predicted molar refractivity (Wildman–Crippen MR) is 88.9 cm³/mol. The van der Waals surface area contributed by atoms with Crippen molar-refractivity contribution in [1.29, 1.82) is 0 Å². The molecule has 2 rings (SSSR count). The zero-order chi connectivity index (χ0) is 14.7. The average molecular weight is 419 g/mol. The summed E-state index contributed by atoms with van der Waals surface area (Å²) in [5.74, 6) is -0.446. The Balaban J connectivity index is 2.27. The van der Waals surface area contributed by atoms with E-state index in [9.17, 15) is 4.79 Å². The normalized spacial score (nSPS) is 11.9. The Morgan fingerprint density at radius 3 is 2.35 bits per heavy atom. The highest BCUT2D eigenvalue weighted by molar-refractivity contribution is 9.10. The minimum Gasteiger partial charge on any atom is -0.370 e. The number of amides is 1. The Hall–Kier alpha value is -1.04. The Morgan fingerprint density at radius 2 is 1.80 bits per heavy atom. The largest absolute Gasteiger partial charge is 0.370 e. The van der Waals surface area contributed by atoms with E-state index in [0.29, 0.717) is 5.02 Å². The van der Waals surface area contributed by atoms with Crippen molar-refractivity contribution in [2.24, 2.45) is 5.73 Å². The first-order chi connectivity index (χ1) is 9.47. The highest BCUT2D eigenvalue weighted by Crippen LogP contribution is 2.28. The number of carbonyl (C=O) groups is 1. The van der Waals surface area contributed by atoms with E-state index < -0.39 is 11.9 Å². The molecule has 20 heavy (non-hydrogen) atoms. The fraction of sp³-hybridized carbons (Fsp3) is 0.0714. The van der Waals surface area contributed by atoms with Crippen LogP contribution >= 0.6 is 43.5 Å². The zero-order valence-electron chi connectivity index (χ0n) is 10.2. The van der Waals surface area contributed by atoms with Crippen LogP contribution in [0.4, 0.5) is 5.69 Å². The topological polar surface area (TPSA) is 55.1 Å². The molecule has 3 N–H and O–H groups in total. The summed E-state index contributed by atoms with van der Waals surface area (Å²) in [6.45, 7) is 0. The minimum atomic E-state index is -0.601. The summed E-state index contributed by atoms with van der Waals surface area (Å²) in [5, 5.41) is 3.71. The molecule has 0 fully saturated rings. The molecule has 0 saturated heterocycles. The quantitative estimate of drug-likeness (QED) is 0.768. The van der Waals surface area contributed by atoms with Crippen molar-refractivity contribution in [2.45, 2.75) is 6.04 Å². The van der Waals surface area contributed by atoms with E-state index in [4.69, 9.17) is 17.3 Å². The third-order valence-corrected chi connectivity index (χ3v) is 4.46. The number of rotatable bonds is 4. The lowest BCUT2D eigenvalue weighted by Crippen LogP contribution is -2.27. The molecule has 104 valence electrons. The third kappa shape index (κ3) is 3.75. The number of nitrogens with one attached hydrogen (secondary N) is 1. The van der Waals surface area contributed by atoms with Gasteiger partial charge in [0, 0.05) is 14.6 Å². The van der Waals surface area contributed by atoms with E-state index in [1.54, 1.807) is 18.2 Å². The van der Waals surface area contributed by atoms with Gasteiger partial charge in [0.15, 0.2) is 0 Å². The second kappa shape index (κ2) is 6.61. The fourth-order valence-electron chi connectivity index (χ4n) is 1.73. The molecule has 0 spiro atoms. The van der Waals surface area contributed by atoms with Crippen molar-refractivity contribution in [3.63, 3.8) is 0 Å². The first-order valence-corrected chi connectivity index (χ1v) is 7.70. The lowest BCUT2D eigenvalue weighted by Gasteiger charge is -2.17. The summed E-state index contributed by atoms with van der Waals surface area (Å²) in [6.07, 6.45) is 0. The van der Waals surface area contributed by atoms with Crippen molar-refractivity contribution in [3.8, 4) is 0 Å². The molecule has 0 radical (unpaired) electrons. The zero-order valence-corrected chi connectivity index (χ0v) is 14.2. The van der Waals surface area contributed by atoms with Gasteiger partial charge in [0.1, 0.15) is 6.04 Å². The van der Waals surface area contributed by atoms with Crippen molar-refractivity contribution in [1.82, 2.24) is 0 Å². The first kappa shape index (κ1) is 15.4. The maximum Gasteiger partial charge on any atom is 0.244 e. The van der Waals surface area contributed by atoms with Gasteiger partial charge in [-0.25, -0.2) is 0 Å². The molecule has 0 heterocycles. The van der Waals surface area contributed by atoms with Crippen LogP contribution in [0.5, 0.6) is 0 Å². The molecule has 0 aliphatic carbocycles. The van der Waals surface area contributed by atoms with Gasteiger partial charge >= 0.3 is 0 Å². The van der Waals surface area contributed by atoms with E-state index in [-0.39, 0.29) is 0 Å². The maximum absolute atomic E-state index is 11.7. The SMILES string of the molecule is NC(=O)C(Nc1ccc(Cl)c(Br)c1)c1ccc(Br)cc1. The number of primary amides is 1. The second-order valence-electron chi connectivity index (χ2n) is 4.16. The predicted octanol–water partition coefficient (Wildman–Crippen LogP) is 4.50. The molecule has 2 aromatic carbocycles. The number of hydrogen-bond acceptors (Lipinski definition) is 2. The molecule has 1 unspecified atom stereocenters. The number of halogens is 3. The van der Waals surface area contributed by atoms with Crippen LogP contribution in [-0.2, 0) is 4.79 Å². The standard InChI is InChI=1S/C14H11Br2ClN2O/c15-9-3-1-8(2-4-9)13(14(18)20)19-10-5-6-12(17)11(16)7-10/h1-7,13,19H,(H2,18,20). The monoisotopic (exact) mass is 416 g/mol. The summed E-state index contributed by atoms with van der Waals surface area (Å²) in [4.78, 5) is 11.7. The molecule has 3 nitrogen and oxygen atoms in total. The fourth-order valence-corrected chi connectivity index (χ4v) is 2.49. The van der Waals surface area contributed by atoms with Gasteiger partial charge in [0.25, 0.3) is 0 Å². The van der Waals surface area contributed by atoms with Crippen molar-refractivity contribution in [3.05, 3.63) is 62.0 Å². The molecule has 0 bridgehead atoms. The molecule has 2 aromatic rings. The Labute approximate surface area is 138 Å². The van der Waals surface area contributed by atoms with Crippen LogP contribution in [0.1, 0.15) is 11.6 Å². The Morgan fingerprint density at radius 1 is 1.15 bits per heavy atom. The smallest absolute Gasteiger partial charge is 0.244 e. The number of carbonyl (C=O) groups excluding carboxylic acids is 1. The van der Waals surface area contributed by atoms with Crippen LogP contribution in [0.15, 0.2) is 51.4 Å². The first-order valence-electron chi connectivity index (χ1n) is 5.74.